The Labute approximate surface area is 153 Å². The maximum absolute atomic E-state index is 12.5. The minimum absolute atomic E-state index is 0.119. The molecule has 0 heterocycles. The molecule has 0 unspecified atom stereocenters. The predicted molar refractivity (Wildman–Crippen MR) is 104 cm³/mol. The number of nitrogens with one attached hydrogen (secondary N) is 1. The maximum Gasteiger partial charge on any atom is 0.261 e. The summed E-state index contributed by atoms with van der Waals surface area (Å²) in [5.41, 5.74) is 1.01. The van der Waals surface area contributed by atoms with Crippen LogP contribution in [-0.2, 0) is 4.79 Å². The molecule has 4 heteroatoms. The van der Waals surface area contributed by atoms with E-state index in [0.29, 0.717) is 5.75 Å². The average molecular weight is 349 g/mol. The first-order chi connectivity index (χ1) is 12.6. The van der Waals surface area contributed by atoms with Crippen LogP contribution in [0.5, 0.6) is 11.5 Å². The van der Waals surface area contributed by atoms with Crippen LogP contribution in [0.3, 0.4) is 0 Å². The Morgan fingerprint density at radius 1 is 0.923 bits per heavy atom. The number of carbonyl (C=O) groups excluding carboxylic acids is 1. The van der Waals surface area contributed by atoms with Gasteiger partial charge >= 0.3 is 0 Å². The quantitative estimate of drug-likeness (QED) is 0.713. The molecule has 3 aromatic rings. The number of ether oxygens (including phenoxy) is 2. The molecular formula is C22H23NO3. The lowest BCUT2D eigenvalue weighted by Crippen LogP contribution is -2.37. The normalized spacial score (nSPS) is 13.0. The van der Waals surface area contributed by atoms with Crippen LogP contribution in [0.15, 0.2) is 66.7 Å². The molecule has 3 aromatic carbocycles. The van der Waals surface area contributed by atoms with E-state index in [4.69, 9.17) is 9.47 Å². The van der Waals surface area contributed by atoms with Gasteiger partial charge in [-0.05, 0) is 43.0 Å². The summed E-state index contributed by atoms with van der Waals surface area (Å²) in [7, 11) is 1.63. The van der Waals surface area contributed by atoms with Gasteiger partial charge in [-0.1, -0.05) is 48.5 Å². The number of benzene rings is 3. The van der Waals surface area contributed by atoms with Crippen LogP contribution in [0.4, 0.5) is 0 Å². The first-order valence-corrected chi connectivity index (χ1v) is 8.67. The van der Waals surface area contributed by atoms with Gasteiger partial charge in [0.05, 0.1) is 13.2 Å². The third kappa shape index (κ3) is 3.97. The molecule has 0 aromatic heterocycles. The number of hydrogen-bond acceptors (Lipinski definition) is 3. The summed E-state index contributed by atoms with van der Waals surface area (Å²) in [6.45, 7) is 3.71. The highest BCUT2D eigenvalue weighted by molar-refractivity contribution is 5.89. The third-order valence-electron chi connectivity index (χ3n) is 4.40. The van der Waals surface area contributed by atoms with E-state index in [9.17, 15) is 4.79 Å². The van der Waals surface area contributed by atoms with Crippen molar-refractivity contribution in [2.45, 2.75) is 26.0 Å². The lowest BCUT2D eigenvalue weighted by atomic mass is 10.1. The van der Waals surface area contributed by atoms with E-state index < -0.39 is 6.10 Å². The Morgan fingerprint density at radius 2 is 1.62 bits per heavy atom. The monoisotopic (exact) mass is 349 g/mol. The Hall–Kier alpha value is -3.01. The van der Waals surface area contributed by atoms with Crippen LogP contribution in [0, 0.1) is 0 Å². The summed E-state index contributed by atoms with van der Waals surface area (Å²) in [6.07, 6.45) is -0.596. The molecular weight excluding hydrogens is 326 g/mol. The van der Waals surface area contributed by atoms with Gasteiger partial charge in [-0.15, -0.1) is 0 Å². The van der Waals surface area contributed by atoms with Crippen molar-refractivity contribution < 1.29 is 14.3 Å². The molecule has 1 amide bonds. The molecule has 4 nitrogen and oxygen atoms in total. The van der Waals surface area contributed by atoms with Gasteiger partial charge in [-0.3, -0.25) is 4.79 Å². The molecule has 0 aliphatic carbocycles. The van der Waals surface area contributed by atoms with E-state index >= 15 is 0 Å². The van der Waals surface area contributed by atoms with E-state index in [1.807, 2.05) is 73.7 Å². The smallest absolute Gasteiger partial charge is 0.261 e. The highest BCUT2D eigenvalue weighted by atomic mass is 16.5. The van der Waals surface area contributed by atoms with E-state index in [1.54, 1.807) is 14.0 Å². The van der Waals surface area contributed by atoms with Gasteiger partial charge in [0.1, 0.15) is 11.5 Å². The molecule has 0 bridgehead atoms. The SMILES string of the molecule is COc1ccc([C@H](C)NC(=O)[C@@H](C)Oc2cccc3ccccc23)cc1. The Bertz CT molecular complexity index is 884. The van der Waals surface area contributed by atoms with Crippen molar-refractivity contribution in [2.75, 3.05) is 7.11 Å². The lowest BCUT2D eigenvalue weighted by molar-refractivity contribution is -0.127. The van der Waals surface area contributed by atoms with E-state index in [-0.39, 0.29) is 11.9 Å². The Kier molecular flexibility index (Phi) is 5.42. The number of methoxy groups -OCH3 is 1. The van der Waals surface area contributed by atoms with Crippen LogP contribution in [0.25, 0.3) is 10.8 Å². The molecule has 26 heavy (non-hydrogen) atoms. The fourth-order valence-electron chi connectivity index (χ4n) is 2.85. The summed E-state index contributed by atoms with van der Waals surface area (Å²) < 4.78 is 11.1. The Balaban J connectivity index is 1.67. The van der Waals surface area contributed by atoms with E-state index in [2.05, 4.69) is 5.32 Å². The van der Waals surface area contributed by atoms with Crippen LogP contribution in [0.2, 0.25) is 0 Å². The van der Waals surface area contributed by atoms with Crippen molar-refractivity contribution in [2.24, 2.45) is 0 Å². The molecule has 134 valence electrons. The van der Waals surface area contributed by atoms with Gasteiger partial charge in [-0.2, -0.15) is 0 Å². The van der Waals surface area contributed by atoms with Crippen molar-refractivity contribution >= 4 is 16.7 Å². The third-order valence-corrected chi connectivity index (χ3v) is 4.40. The molecule has 0 fully saturated rings. The zero-order valence-electron chi connectivity index (χ0n) is 15.2. The van der Waals surface area contributed by atoms with Crippen LogP contribution in [-0.4, -0.2) is 19.1 Å². The van der Waals surface area contributed by atoms with Gasteiger partial charge in [0.15, 0.2) is 6.10 Å². The van der Waals surface area contributed by atoms with Crippen LogP contribution in [0.1, 0.15) is 25.5 Å². The largest absolute Gasteiger partial charge is 0.497 e. The average Bonchev–Trinajstić information content (AvgIpc) is 2.68. The molecule has 0 saturated heterocycles. The standard InChI is InChI=1S/C22H23NO3/c1-15(17-11-13-19(25-3)14-12-17)23-22(24)16(2)26-21-10-6-8-18-7-4-5-9-20(18)21/h4-16H,1-3H3,(H,23,24)/t15-,16+/m0/s1. The second-order valence-corrected chi connectivity index (χ2v) is 6.24. The first kappa shape index (κ1) is 17.8. The van der Waals surface area contributed by atoms with Gasteiger partial charge < -0.3 is 14.8 Å². The predicted octanol–water partition coefficient (Wildman–Crippen LogP) is 4.49. The van der Waals surface area contributed by atoms with E-state index in [1.165, 1.54) is 0 Å². The second kappa shape index (κ2) is 7.91. The zero-order chi connectivity index (χ0) is 18.5. The zero-order valence-corrected chi connectivity index (χ0v) is 15.2. The minimum atomic E-state index is -0.596. The highest BCUT2D eigenvalue weighted by Crippen LogP contribution is 2.26. The topological polar surface area (TPSA) is 47.6 Å². The number of amides is 1. The maximum atomic E-state index is 12.5. The van der Waals surface area contributed by atoms with Crippen LogP contribution >= 0.6 is 0 Å². The molecule has 2 atom stereocenters. The summed E-state index contributed by atoms with van der Waals surface area (Å²) in [5.74, 6) is 1.35. The fraction of sp³-hybridized carbons (Fsp3) is 0.227. The lowest BCUT2D eigenvalue weighted by Gasteiger charge is -2.20. The molecule has 0 radical (unpaired) electrons. The summed E-state index contributed by atoms with van der Waals surface area (Å²) in [4.78, 5) is 12.5. The molecule has 0 aliphatic heterocycles. The number of carbonyl (C=O) groups is 1. The van der Waals surface area contributed by atoms with Crippen molar-refractivity contribution in [1.29, 1.82) is 0 Å². The molecule has 1 N–H and O–H groups in total. The first-order valence-electron chi connectivity index (χ1n) is 8.67. The van der Waals surface area contributed by atoms with Crippen molar-refractivity contribution in [3.05, 3.63) is 72.3 Å². The van der Waals surface area contributed by atoms with Crippen molar-refractivity contribution in [3.8, 4) is 11.5 Å². The molecule has 0 saturated carbocycles. The molecule has 3 rings (SSSR count). The van der Waals surface area contributed by atoms with Gasteiger partial charge in [0, 0.05) is 5.39 Å². The molecule has 0 spiro atoms. The van der Waals surface area contributed by atoms with Gasteiger partial charge in [0.25, 0.3) is 5.91 Å². The highest BCUT2D eigenvalue weighted by Gasteiger charge is 2.18. The Morgan fingerprint density at radius 3 is 2.35 bits per heavy atom. The van der Waals surface area contributed by atoms with Crippen molar-refractivity contribution in [1.82, 2.24) is 5.32 Å². The van der Waals surface area contributed by atoms with Gasteiger partial charge in [-0.25, -0.2) is 0 Å². The summed E-state index contributed by atoms with van der Waals surface area (Å²) in [5, 5.41) is 5.08. The fourth-order valence-corrected chi connectivity index (χ4v) is 2.85. The van der Waals surface area contributed by atoms with Gasteiger partial charge in [0.2, 0.25) is 0 Å². The number of fused-ring (bicyclic) bond motifs is 1. The number of rotatable bonds is 6. The van der Waals surface area contributed by atoms with Crippen LogP contribution < -0.4 is 14.8 Å². The summed E-state index contributed by atoms with van der Waals surface area (Å²) >= 11 is 0. The minimum Gasteiger partial charge on any atom is -0.497 e. The van der Waals surface area contributed by atoms with E-state index in [0.717, 1.165) is 22.1 Å². The number of hydrogen-bond donors (Lipinski definition) is 1. The van der Waals surface area contributed by atoms with Crippen molar-refractivity contribution in [3.63, 3.8) is 0 Å². The summed E-state index contributed by atoms with van der Waals surface area (Å²) in [6, 6.07) is 21.4. The second-order valence-electron chi connectivity index (χ2n) is 6.24. The molecule has 0 aliphatic rings.